The number of hydrogen-bond acceptors (Lipinski definition) is 5. The van der Waals surface area contributed by atoms with Gasteiger partial charge in [0.2, 0.25) is 0 Å². The molecule has 0 bridgehead atoms. The highest BCUT2D eigenvalue weighted by Crippen LogP contribution is 2.43. The Morgan fingerprint density at radius 3 is 2.63 bits per heavy atom. The summed E-state index contributed by atoms with van der Waals surface area (Å²) < 4.78 is 46.6. The molecule has 144 valence electrons. The van der Waals surface area contributed by atoms with Crippen molar-refractivity contribution >= 4 is 0 Å². The topological polar surface area (TPSA) is 47.5 Å². The molecule has 0 N–H and O–H groups in total. The summed E-state index contributed by atoms with van der Waals surface area (Å²) in [5.74, 6) is 0.647. The number of rotatable bonds is 5. The lowest BCUT2D eigenvalue weighted by atomic mass is 9.87. The second kappa shape index (κ2) is 6.76. The van der Waals surface area contributed by atoms with Crippen LogP contribution in [0.2, 0.25) is 0 Å². The fourth-order valence-electron chi connectivity index (χ4n) is 3.68. The summed E-state index contributed by atoms with van der Waals surface area (Å²) in [5.41, 5.74) is 2.61. The van der Waals surface area contributed by atoms with E-state index in [2.05, 4.69) is 26.5 Å². The molecule has 2 aliphatic rings. The predicted molar refractivity (Wildman–Crippen MR) is 90.9 cm³/mol. The Morgan fingerprint density at radius 2 is 1.96 bits per heavy atom. The minimum atomic E-state index is -4.67. The smallest absolute Gasteiger partial charge is 0.406 e. The summed E-state index contributed by atoms with van der Waals surface area (Å²) >= 11 is 0. The van der Waals surface area contributed by atoms with E-state index in [1.807, 2.05) is 6.20 Å². The van der Waals surface area contributed by atoms with Gasteiger partial charge in [0.05, 0.1) is 12.3 Å². The lowest BCUT2D eigenvalue weighted by Crippen LogP contribution is -2.58. The van der Waals surface area contributed by atoms with E-state index >= 15 is 0 Å². The Kier molecular flexibility index (Phi) is 4.55. The average molecular weight is 379 g/mol. The second-order valence-corrected chi connectivity index (χ2v) is 7.02. The first kappa shape index (κ1) is 18.2. The van der Waals surface area contributed by atoms with Gasteiger partial charge in [-0.1, -0.05) is 19.1 Å². The number of nitrogens with zero attached hydrogens (tertiary/aromatic N) is 3. The molecule has 0 atom stereocenters. The van der Waals surface area contributed by atoms with Gasteiger partial charge in [-0.15, -0.1) is 13.2 Å². The number of aryl methyl sites for hydroxylation is 1. The lowest BCUT2D eigenvalue weighted by molar-refractivity contribution is -0.274. The number of benzene rings is 1. The minimum Gasteiger partial charge on any atom is -0.406 e. The maximum Gasteiger partial charge on any atom is 0.573 e. The monoisotopic (exact) mass is 379 g/mol. The Balaban J connectivity index is 1.37. The van der Waals surface area contributed by atoms with Gasteiger partial charge in [-0.25, -0.2) is 9.97 Å². The van der Waals surface area contributed by atoms with Crippen molar-refractivity contribution in [2.24, 2.45) is 0 Å². The molecular weight excluding hydrogens is 359 g/mol. The predicted octanol–water partition coefficient (Wildman–Crippen LogP) is 3.57. The molecule has 27 heavy (non-hydrogen) atoms. The van der Waals surface area contributed by atoms with Crippen LogP contribution < -0.4 is 4.74 Å². The molecule has 1 aromatic carbocycles. The molecule has 0 amide bonds. The highest BCUT2D eigenvalue weighted by molar-refractivity contribution is 5.33. The van der Waals surface area contributed by atoms with Crippen molar-refractivity contribution in [3.63, 3.8) is 0 Å². The summed E-state index contributed by atoms with van der Waals surface area (Å²) in [6.07, 6.45) is -0.912. The van der Waals surface area contributed by atoms with Crippen LogP contribution >= 0.6 is 0 Å². The number of alkyl halides is 3. The largest absolute Gasteiger partial charge is 0.573 e. The third-order valence-corrected chi connectivity index (χ3v) is 4.89. The molecule has 3 heterocycles. The van der Waals surface area contributed by atoms with Crippen LogP contribution in [-0.2, 0) is 29.9 Å². The number of likely N-dealkylation sites (tertiary alicyclic amines) is 1. The highest BCUT2D eigenvalue weighted by atomic mass is 19.4. The molecule has 1 fully saturated rings. The van der Waals surface area contributed by atoms with Crippen molar-refractivity contribution in [2.45, 2.75) is 44.9 Å². The molecular formula is C19H20F3N3O2. The van der Waals surface area contributed by atoms with Crippen molar-refractivity contribution in [1.82, 2.24) is 14.9 Å². The van der Waals surface area contributed by atoms with Crippen LogP contribution in [0.5, 0.6) is 5.75 Å². The fourth-order valence-corrected chi connectivity index (χ4v) is 3.68. The van der Waals surface area contributed by atoms with Crippen LogP contribution in [0.1, 0.15) is 36.0 Å². The Hall–Kier alpha value is -2.19. The lowest BCUT2D eigenvalue weighted by Gasteiger charge is -2.47. The first-order valence-electron chi connectivity index (χ1n) is 8.93. The summed E-state index contributed by atoms with van der Waals surface area (Å²) in [6, 6.07) is 5.97. The molecule has 1 aromatic heterocycles. The molecule has 0 unspecified atom stereocenters. The van der Waals surface area contributed by atoms with Gasteiger partial charge in [0.1, 0.15) is 17.2 Å². The van der Waals surface area contributed by atoms with Crippen LogP contribution in [-0.4, -0.2) is 34.3 Å². The van der Waals surface area contributed by atoms with E-state index in [1.165, 1.54) is 12.1 Å². The van der Waals surface area contributed by atoms with Gasteiger partial charge in [0.25, 0.3) is 0 Å². The summed E-state index contributed by atoms with van der Waals surface area (Å²) in [7, 11) is 0. The van der Waals surface area contributed by atoms with Crippen LogP contribution in [0.25, 0.3) is 0 Å². The van der Waals surface area contributed by atoms with Crippen molar-refractivity contribution in [1.29, 1.82) is 0 Å². The van der Waals surface area contributed by atoms with Crippen LogP contribution in [0.3, 0.4) is 0 Å². The van der Waals surface area contributed by atoms with E-state index in [1.54, 1.807) is 12.1 Å². The highest BCUT2D eigenvalue weighted by Gasteiger charge is 2.50. The standard InChI is InChI=1S/C19H20F3N3O2/c1-2-3-17-23-8-15-16(24-17)10-26-18(15)11-25(12-18)9-13-4-6-14(7-5-13)27-19(20,21)22/h4-8H,2-3,9-12H2,1H3. The van der Waals surface area contributed by atoms with Crippen molar-refractivity contribution in [3.8, 4) is 5.75 Å². The van der Waals surface area contributed by atoms with Gasteiger partial charge in [-0.05, 0) is 24.1 Å². The molecule has 1 saturated heterocycles. The third kappa shape index (κ3) is 3.77. The van der Waals surface area contributed by atoms with Gasteiger partial charge in [-0.2, -0.15) is 0 Å². The van der Waals surface area contributed by atoms with Gasteiger partial charge in [0, 0.05) is 37.8 Å². The van der Waals surface area contributed by atoms with E-state index < -0.39 is 6.36 Å². The Bertz CT molecular complexity index is 818. The van der Waals surface area contributed by atoms with Crippen LogP contribution in [0, 0.1) is 0 Å². The number of fused-ring (bicyclic) bond motifs is 2. The zero-order valence-electron chi connectivity index (χ0n) is 14.9. The van der Waals surface area contributed by atoms with E-state index in [-0.39, 0.29) is 11.4 Å². The number of halogens is 3. The first-order valence-corrected chi connectivity index (χ1v) is 8.93. The summed E-state index contributed by atoms with van der Waals surface area (Å²) in [6.45, 7) is 4.68. The van der Waals surface area contributed by atoms with Gasteiger partial charge in [-0.3, -0.25) is 4.90 Å². The molecule has 0 aliphatic carbocycles. The maximum atomic E-state index is 12.2. The Labute approximate surface area is 155 Å². The number of aromatic nitrogens is 2. The maximum absolute atomic E-state index is 12.2. The molecule has 0 saturated carbocycles. The normalized spacial score (nSPS) is 18.4. The van der Waals surface area contributed by atoms with Crippen LogP contribution in [0.4, 0.5) is 13.2 Å². The van der Waals surface area contributed by atoms with Gasteiger partial charge >= 0.3 is 6.36 Å². The molecule has 1 spiro atoms. The minimum absolute atomic E-state index is 0.209. The third-order valence-electron chi connectivity index (χ3n) is 4.89. The van der Waals surface area contributed by atoms with E-state index in [0.29, 0.717) is 13.2 Å². The second-order valence-electron chi connectivity index (χ2n) is 7.02. The van der Waals surface area contributed by atoms with E-state index in [4.69, 9.17) is 4.74 Å². The molecule has 8 heteroatoms. The average Bonchev–Trinajstić information content (AvgIpc) is 2.94. The van der Waals surface area contributed by atoms with Crippen molar-refractivity contribution in [2.75, 3.05) is 13.1 Å². The number of ether oxygens (including phenoxy) is 2. The van der Waals surface area contributed by atoms with E-state index in [0.717, 1.165) is 48.6 Å². The quantitative estimate of drug-likeness (QED) is 0.795. The molecule has 4 rings (SSSR count). The molecule has 2 aromatic rings. The molecule has 2 aliphatic heterocycles. The summed E-state index contributed by atoms with van der Waals surface area (Å²) in [4.78, 5) is 11.2. The van der Waals surface area contributed by atoms with Crippen molar-refractivity contribution in [3.05, 3.63) is 53.1 Å². The first-order chi connectivity index (χ1) is 12.9. The molecule has 0 radical (unpaired) electrons. The molecule has 5 nitrogen and oxygen atoms in total. The zero-order valence-corrected chi connectivity index (χ0v) is 14.9. The number of hydrogen-bond donors (Lipinski definition) is 0. The van der Waals surface area contributed by atoms with Crippen molar-refractivity contribution < 1.29 is 22.6 Å². The van der Waals surface area contributed by atoms with E-state index in [9.17, 15) is 13.2 Å². The zero-order chi connectivity index (χ0) is 19.1. The fraction of sp³-hybridized carbons (Fsp3) is 0.474. The van der Waals surface area contributed by atoms with Crippen LogP contribution in [0.15, 0.2) is 30.5 Å². The summed E-state index contributed by atoms with van der Waals surface area (Å²) in [5, 5.41) is 0. The Morgan fingerprint density at radius 1 is 1.22 bits per heavy atom. The van der Waals surface area contributed by atoms with Gasteiger partial charge < -0.3 is 9.47 Å². The van der Waals surface area contributed by atoms with Gasteiger partial charge in [0.15, 0.2) is 0 Å². The SMILES string of the molecule is CCCc1ncc2c(n1)COC21CN(Cc2ccc(OC(F)(F)F)cc2)C1.